The highest BCUT2D eigenvalue weighted by atomic mass is 35.5. The lowest BCUT2D eigenvalue weighted by Crippen LogP contribution is -2.32. The maximum absolute atomic E-state index is 12.4. The van der Waals surface area contributed by atoms with Crippen molar-refractivity contribution in [2.24, 2.45) is 0 Å². The topological polar surface area (TPSA) is 74.5 Å². The lowest BCUT2D eigenvalue weighted by atomic mass is 10.1. The number of nitrogens with one attached hydrogen (secondary N) is 1. The van der Waals surface area contributed by atoms with Gasteiger partial charge in [-0.1, -0.05) is 65.8 Å². The van der Waals surface area contributed by atoms with Crippen LogP contribution in [0.15, 0.2) is 88.6 Å². The number of furan rings is 1. The maximum atomic E-state index is 12.4. The molecular weight excluding hydrogens is 506 g/mol. The van der Waals surface area contributed by atoms with Gasteiger partial charge in [0.1, 0.15) is 16.7 Å². The van der Waals surface area contributed by atoms with Gasteiger partial charge >= 0.3 is 0 Å². The smallest absolute Gasteiger partial charge is 0.251 e. The SMILES string of the molecule is CN(C)CCN(Cc1ccccc1)c1cc(Cl)nc(SCc2ccc(C(=O)NCc3ccco3)cc2)n1. The number of hydrogen-bond donors (Lipinski definition) is 1. The Bertz CT molecular complexity index is 1270. The number of thioether (sulfide) groups is 1. The summed E-state index contributed by atoms with van der Waals surface area (Å²) in [5.41, 5.74) is 2.86. The summed E-state index contributed by atoms with van der Waals surface area (Å²) in [6.45, 7) is 2.78. The third kappa shape index (κ3) is 8.35. The Hall–Kier alpha value is -3.33. The molecule has 37 heavy (non-hydrogen) atoms. The van der Waals surface area contributed by atoms with Gasteiger partial charge in [0.2, 0.25) is 0 Å². The first kappa shape index (κ1) is 26.7. The number of hydrogen-bond acceptors (Lipinski definition) is 7. The lowest BCUT2D eigenvalue weighted by Gasteiger charge is -2.26. The average molecular weight is 536 g/mol. The van der Waals surface area contributed by atoms with Crippen LogP contribution < -0.4 is 10.2 Å². The zero-order valence-corrected chi connectivity index (χ0v) is 22.5. The van der Waals surface area contributed by atoms with E-state index < -0.39 is 0 Å². The van der Waals surface area contributed by atoms with Crippen LogP contribution in [0.25, 0.3) is 0 Å². The van der Waals surface area contributed by atoms with Gasteiger partial charge in [0.25, 0.3) is 5.91 Å². The first-order valence-electron chi connectivity index (χ1n) is 12.0. The minimum atomic E-state index is -0.144. The van der Waals surface area contributed by atoms with Crippen molar-refractivity contribution in [3.63, 3.8) is 0 Å². The molecule has 1 N–H and O–H groups in total. The number of benzene rings is 2. The predicted molar refractivity (Wildman–Crippen MR) is 149 cm³/mol. The summed E-state index contributed by atoms with van der Waals surface area (Å²) in [6, 6.07) is 23.3. The number of nitrogens with zero attached hydrogens (tertiary/aromatic N) is 4. The molecule has 7 nitrogen and oxygen atoms in total. The Labute approximate surface area is 226 Å². The Morgan fingerprint density at radius 3 is 2.46 bits per heavy atom. The normalized spacial score (nSPS) is 11.0. The number of anilines is 1. The fourth-order valence-corrected chi connectivity index (χ4v) is 4.63. The molecule has 0 saturated heterocycles. The molecule has 0 aliphatic carbocycles. The van der Waals surface area contributed by atoms with Crippen LogP contribution in [0.5, 0.6) is 0 Å². The summed E-state index contributed by atoms with van der Waals surface area (Å²) in [5.74, 6) is 2.03. The Balaban J connectivity index is 1.39. The van der Waals surface area contributed by atoms with Crippen molar-refractivity contribution in [3.05, 3.63) is 107 Å². The molecule has 2 aromatic carbocycles. The minimum Gasteiger partial charge on any atom is -0.467 e. The lowest BCUT2D eigenvalue weighted by molar-refractivity contribution is 0.0948. The molecule has 2 aromatic heterocycles. The molecule has 0 bridgehead atoms. The molecule has 0 unspecified atom stereocenters. The van der Waals surface area contributed by atoms with E-state index in [2.05, 4.69) is 46.3 Å². The summed E-state index contributed by atoms with van der Waals surface area (Å²) >= 11 is 7.93. The molecule has 2 heterocycles. The summed E-state index contributed by atoms with van der Waals surface area (Å²) in [4.78, 5) is 26.0. The second-order valence-corrected chi connectivity index (χ2v) is 10.1. The predicted octanol–water partition coefficient (Wildman–Crippen LogP) is 5.51. The van der Waals surface area contributed by atoms with Crippen molar-refractivity contribution in [2.75, 3.05) is 32.1 Å². The molecular formula is C28H30ClN5O2S. The number of carbonyl (C=O) groups excluding carboxylic acids is 1. The van der Waals surface area contributed by atoms with Crippen LogP contribution in [0, 0.1) is 0 Å². The van der Waals surface area contributed by atoms with Crippen LogP contribution >= 0.6 is 23.4 Å². The molecule has 4 aromatic rings. The molecule has 1 amide bonds. The molecule has 0 aliphatic rings. The number of halogens is 1. The summed E-state index contributed by atoms with van der Waals surface area (Å²) in [6.07, 6.45) is 1.59. The van der Waals surface area contributed by atoms with E-state index in [0.29, 0.717) is 33.9 Å². The van der Waals surface area contributed by atoms with Gasteiger partial charge in [0.05, 0.1) is 12.8 Å². The van der Waals surface area contributed by atoms with Crippen LogP contribution in [0.3, 0.4) is 0 Å². The molecule has 0 saturated carbocycles. The third-order valence-electron chi connectivity index (χ3n) is 5.61. The Morgan fingerprint density at radius 2 is 1.76 bits per heavy atom. The van der Waals surface area contributed by atoms with E-state index in [9.17, 15) is 4.79 Å². The van der Waals surface area contributed by atoms with Crippen LogP contribution in [-0.2, 0) is 18.8 Å². The standard InChI is InChI=1S/C28H30ClN5O2S/c1-33(2)14-15-34(19-21-7-4-3-5-8-21)26-17-25(29)31-28(32-26)37-20-22-10-12-23(13-11-22)27(35)30-18-24-9-6-16-36-24/h3-13,16-17H,14-15,18-20H2,1-2H3,(H,30,35). The van der Waals surface area contributed by atoms with Crippen molar-refractivity contribution in [2.45, 2.75) is 24.0 Å². The minimum absolute atomic E-state index is 0.144. The van der Waals surface area contributed by atoms with E-state index in [4.69, 9.17) is 21.0 Å². The second kappa shape index (κ2) is 13.3. The van der Waals surface area contributed by atoms with Crippen LogP contribution in [0.4, 0.5) is 5.82 Å². The van der Waals surface area contributed by atoms with Crippen molar-refractivity contribution >= 4 is 35.1 Å². The van der Waals surface area contributed by atoms with Gasteiger partial charge in [-0.25, -0.2) is 9.97 Å². The van der Waals surface area contributed by atoms with E-state index in [0.717, 1.165) is 31.0 Å². The first-order valence-corrected chi connectivity index (χ1v) is 13.3. The molecule has 192 valence electrons. The highest BCUT2D eigenvalue weighted by Crippen LogP contribution is 2.26. The molecule has 0 aliphatic heterocycles. The number of rotatable bonds is 12. The molecule has 9 heteroatoms. The quantitative estimate of drug-likeness (QED) is 0.145. The molecule has 0 radical (unpaired) electrons. The van der Waals surface area contributed by atoms with Gasteiger partial charge < -0.3 is 19.5 Å². The van der Waals surface area contributed by atoms with E-state index in [1.807, 2.05) is 54.6 Å². The number of carbonyl (C=O) groups is 1. The van der Waals surface area contributed by atoms with Crippen LogP contribution in [0.1, 0.15) is 27.2 Å². The number of amides is 1. The first-order chi connectivity index (χ1) is 18.0. The Kier molecular flexibility index (Phi) is 9.59. The fourth-order valence-electron chi connectivity index (χ4n) is 3.59. The van der Waals surface area contributed by atoms with Gasteiger partial charge in [-0.3, -0.25) is 4.79 Å². The van der Waals surface area contributed by atoms with Gasteiger partial charge in [0.15, 0.2) is 5.16 Å². The van der Waals surface area contributed by atoms with Crippen molar-refractivity contribution < 1.29 is 9.21 Å². The van der Waals surface area contributed by atoms with Gasteiger partial charge in [-0.15, -0.1) is 0 Å². The van der Waals surface area contributed by atoms with Crippen molar-refractivity contribution in [1.29, 1.82) is 0 Å². The van der Waals surface area contributed by atoms with Gasteiger partial charge in [0, 0.05) is 37.0 Å². The van der Waals surface area contributed by atoms with Crippen LogP contribution in [-0.4, -0.2) is 48.0 Å². The second-order valence-electron chi connectivity index (χ2n) is 8.79. The molecule has 4 rings (SSSR count). The molecule has 0 spiro atoms. The van der Waals surface area contributed by atoms with Gasteiger partial charge in [-0.2, -0.15) is 0 Å². The fraction of sp³-hybridized carbons (Fsp3) is 0.250. The highest BCUT2D eigenvalue weighted by Gasteiger charge is 2.14. The van der Waals surface area contributed by atoms with Crippen molar-refractivity contribution in [1.82, 2.24) is 20.2 Å². The van der Waals surface area contributed by atoms with E-state index in [-0.39, 0.29) is 5.91 Å². The highest BCUT2D eigenvalue weighted by molar-refractivity contribution is 7.98. The average Bonchev–Trinajstić information content (AvgIpc) is 3.43. The zero-order chi connectivity index (χ0) is 26.0. The van der Waals surface area contributed by atoms with Crippen molar-refractivity contribution in [3.8, 4) is 0 Å². The van der Waals surface area contributed by atoms with E-state index >= 15 is 0 Å². The monoisotopic (exact) mass is 535 g/mol. The summed E-state index contributed by atoms with van der Waals surface area (Å²) in [5, 5.41) is 3.89. The van der Waals surface area contributed by atoms with Crippen LogP contribution in [0.2, 0.25) is 5.15 Å². The third-order valence-corrected chi connectivity index (χ3v) is 6.72. The molecule has 0 atom stereocenters. The number of likely N-dealkylation sites (N-methyl/N-ethyl adjacent to an activating group) is 1. The summed E-state index contributed by atoms with van der Waals surface area (Å²) in [7, 11) is 4.12. The maximum Gasteiger partial charge on any atom is 0.251 e. The van der Waals surface area contributed by atoms with E-state index in [1.54, 1.807) is 12.3 Å². The summed E-state index contributed by atoms with van der Waals surface area (Å²) < 4.78 is 5.25. The van der Waals surface area contributed by atoms with E-state index in [1.165, 1.54) is 17.3 Å². The molecule has 0 fully saturated rings. The number of aromatic nitrogens is 2. The van der Waals surface area contributed by atoms with Gasteiger partial charge in [-0.05, 0) is 49.5 Å². The zero-order valence-electron chi connectivity index (χ0n) is 20.9. The Morgan fingerprint density at radius 1 is 0.973 bits per heavy atom. The largest absolute Gasteiger partial charge is 0.467 e.